The van der Waals surface area contributed by atoms with Crippen LogP contribution in [0.4, 0.5) is 0 Å². The molecule has 0 saturated carbocycles. The summed E-state index contributed by atoms with van der Waals surface area (Å²) < 4.78 is 1.71. The standard InChI is InChI=1S/C21H25N5O/c1-15(16-6-4-3-5-7-16)26-12-10-18(11-13-26)22-21(27)17-8-9-20-19(14-17)23-24-25(20)2/h3-9,14-15,18H,10-13H2,1-2H3,(H,22,27)/t15-/m1/s1. The van der Waals surface area contributed by atoms with Crippen LogP contribution in [0.25, 0.3) is 11.0 Å². The predicted octanol–water partition coefficient (Wildman–Crippen LogP) is 2.92. The van der Waals surface area contributed by atoms with Gasteiger partial charge in [0.25, 0.3) is 5.91 Å². The number of likely N-dealkylation sites (tertiary alicyclic amines) is 1. The van der Waals surface area contributed by atoms with Gasteiger partial charge in [0.15, 0.2) is 0 Å². The summed E-state index contributed by atoms with van der Waals surface area (Å²) in [7, 11) is 1.85. The van der Waals surface area contributed by atoms with Crippen molar-refractivity contribution in [3.8, 4) is 0 Å². The largest absolute Gasteiger partial charge is 0.349 e. The molecule has 1 aromatic heterocycles. The van der Waals surface area contributed by atoms with Crippen LogP contribution in [-0.4, -0.2) is 44.9 Å². The molecular formula is C21H25N5O. The molecule has 2 heterocycles. The van der Waals surface area contributed by atoms with Crippen LogP contribution in [0.1, 0.15) is 41.7 Å². The summed E-state index contributed by atoms with van der Waals surface area (Å²) in [5.74, 6) is -0.0305. The van der Waals surface area contributed by atoms with E-state index in [0.29, 0.717) is 11.6 Å². The zero-order valence-corrected chi connectivity index (χ0v) is 15.8. The number of nitrogens with one attached hydrogen (secondary N) is 1. The molecule has 0 bridgehead atoms. The molecule has 0 spiro atoms. The third-order valence-electron chi connectivity index (χ3n) is 5.57. The lowest BCUT2D eigenvalue weighted by molar-refractivity contribution is 0.0896. The first-order valence-corrected chi connectivity index (χ1v) is 9.51. The number of amides is 1. The van der Waals surface area contributed by atoms with E-state index in [1.54, 1.807) is 4.68 Å². The highest BCUT2D eigenvalue weighted by Gasteiger charge is 2.24. The Morgan fingerprint density at radius 2 is 1.89 bits per heavy atom. The van der Waals surface area contributed by atoms with Crippen molar-refractivity contribution in [2.75, 3.05) is 13.1 Å². The first-order valence-electron chi connectivity index (χ1n) is 9.51. The molecule has 0 aliphatic carbocycles. The van der Waals surface area contributed by atoms with Crippen molar-refractivity contribution in [2.24, 2.45) is 7.05 Å². The van der Waals surface area contributed by atoms with E-state index in [2.05, 4.69) is 57.8 Å². The maximum Gasteiger partial charge on any atom is 0.251 e. The molecule has 1 atom stereocenters. The molecule has 1 saturated heterocycles. The van der Waals surface area contributed by atoms with Crippen LogP contribution in [0.2, 0.25) is 0 Å². The van der Waals surface area contributed by atoms with Crippen molar-refractivity contribution < 1.29 is 4.79 Å². The average Bonchev–Trinajstić information content (AvgIpc) is 3.09. The van der Waals surface area contributed by atoms with Gasteiger partial charge in [0, 0.05) is 37.8 Å². The Morgan fingerprint density at radius 3 is 2.63 bits per heavy atom. The highest BCUT2D eigenvalue weighted by molar-refractivity contribution is 5.97. The molecule has 3 aromatic rings. The highest BCUT2D eigenvalue weighted by Crippen LogP contribution is 2.24. The Labute approximate surface area is 159 Å². The summed E-state index contributed by atoms with van der Waals surface area (Å²) in [6.45, 7) is 4.23. The van der Waals surface area contributed by atoms with Crippen LogP contribution >= 0.6 is 0 Å². The van der Waals surface area contributed by atoms with E-state index < -0.39 is 0 Å². The van der Waals surface area contributed by atoms with E-state index in [1.807, 2.05) is 25.2 Å². The number of carbonyl (C=O) groups excluding carboxylic acids is 1. The van der Waals surface area contributed by atoms with E-state index in [4.69, 9.17) is 0 Å². The highest BCUT2D eigenvalue weighted by atomic mass is 16.1. The number of nitrogens with zero attached hydrogens (tertiary/aromatic N) is 4. The fourth-order valence-electron chi connectivity index (χ4n) is 3.82. The number of fused-ring (bicyclic) bond motifs is 1. The van der Waals surface area contributed by atoms with E-state index in [0.717, 1.165) is 37.0 Å². The predicted molar refractivity (Wildman–Crippen MR) is 105 cm³/mol. The number of hydrogen-bond acceptors (Lipinski definition) is 4. The van der Waals surface area contributed by atoms with E-state index >= 15 is 0 Å². The first-order chi connectivity index (χ1) is 13.1. The fourth-order valence-corrected chi connectivity index (χ4v) is 3.82. The van der Waals surface area contributed by atoms with Crippen LogP contribution in [-0.2, 0) is 7.05 Å². The van der Waals surface area contributed by atoms with Gasteiger partial charge in [0.2, 0.25) is 0 Å². The lowest BCUT2D eigenvalue weighted by Crippen LogP contribution is -2.45. The van der Waals surface area contributed by atoms with Gasteiger partial charge in [-0.1, -0.05) is 35.5 Å². The van der Waals surface area contributed by atoms with Crippen molar-refractivity contribution >= 4 is 16.9 Å². The summed E-state index contributed by atoms with van der Waals surface area (Å²) in [4.78, 5) is 15.1. The van der Waals surface area contributed by atoms with E-state index in [1.165, 1.54) is 5.56 Å². The number of benzene rings is 2. The van der Waals surface area contributed by atoms with Gasteiger partial charge in [-0.3, -0.25) is 9.69 Å². The minimum Gasteiger partial charge on any atom is -0.349 e. The molecule has 0 radical (unpaired) electrons. The Balaban J connectivity index is 1.35. The van der Waals surface area contributed by atoms with Crippen molar-refractivity contribution in [1.82, 2.24) is 25.2 Å². The summed E-state index contributed by atoms with van der Waals surface area (Å²) in [6.07, 6.45) is 1.94. The molecule has 6 nitrogen and oxygen atoms in total. The zero-order chi connectivity index (χ0) is 18.8. The Kier molecular flexibility index (Phi) is 4.90. The van der Waals surface area contributed by atoms with Gasteiger partial charge in [-0.05, 0) is 43.5 Å². The molecule has 1 amide bonds. The van der Waals surface area contributed by atoms with Gasteiger partial charge in [0.1, 0.15) is 5.52 Å². The second-order valence-electron chi connectivity index (χ2n) is 7.29. The van der Waals surface area contributed by atoms with Gasteiger partial charge in [0.05, 0.1) is 5.52 Å². The number of hydrogen-bond donors (Lipinski definition) is 1. The smallest absolute Gasteiger partial charge is 0.251 e. The Hall–Kier alpha value is -2.73. The lowest BCUT2D eigenvalue weighted by Gasteiger charge is -2.36. The fraction of sp³-hybridized carbons (Fsp3) is 0.381. The molecule has 1 N–H and O–H groups in total. The molecular weight excluding hydrogens is 338 g/mol. The summed E-state index contributed by atoms with van der Waals surface area (Å²) in [6, 6.07) is 16.8. The minimum atomic E-state index is -0.0305. The van der Waals surface area contributed by atoms with Crippen LogP contribution in [0.15, 0.2) is 48.5 Å². The third-order valence-corrected chi connectivity index (χ3v) is 5.57. The van der Waals surface area contributed by atoms with Gasteiger partial charge >= 0.3 is 0 Å². The van der Waals surface area contributed by atoms with Crippen LogP contribution in [0, 0.1) is 0 Å². The minimum absolute atomic E-state index is 0.0305. The molecule has 140 valence electrons. The third kappa shape index (κ3) is 3.71. The topological polar surface area (TPSA) is 63.1 Å². The second kappa shape index (κ2) is 7.48. The summed E-state index contributed by atoms with van der Waals surface area (Å²) in [5, 5.41) is 11.3. The average molecular weight is 363 g/mol. The van der Waals surface area contributed by atoms with E-state index in [-0.39, 0.29) is 11.9 Å². The van der Waals surface area contributed by atoms with E-state index in [9.17, 15) is 4.79 Å². The molecule has 27 heavy (non-hydrogen) atoms. The van der Waals surface area contributed by atoms with Crippen molar-refractivity contribution in [3.63, 3.8) is 0 Å². The number of carbonyl (C=O) groups is 1. The van der Waals surface area contributed by atoms with Crippen LogP contribution in [0.3, 0.4) is 0 Å². The van der Waals surface area contributed by atoms with Crippen molar-refractivity contribution in [3.05, 3.63) is 59.7 Å². The molecule has 1 fully saturated rings. The molecule has 1 aliphatic rings. The van der Waals surface area contributed by atoms with Crippen LogP contribution < -0.4 is 5.32 Å². The first kappa shape index (κ1) is 17.7. The van der Waals surface area contributed by atoms with Crippen LogP contribution in [0.5, 0.6) is 0 Å². The van der Waals surface area contributed by atoms with Crippen molar-refractivity contribution in [2.45, 2.75) is 31.8 Å². The maximum absolute atomic E-state index is 12.6. The van der Waals surface area contributed by atoms with Gasteiger partial charge < -0.3 is 5.32 Å². The molecule has 0 unspecified atom stereocenters. The second-order valence-corrected chi connectivity index (χ2v) is 7.29. The van der Waals surface area contributed by atoms with Gasteiger partial charge in [-0.25, -0.2) is 4.68 Å². The zero-order valence-electron chi connectivity index (χ0n) is 15.8. The number of aromatic nitrogens is 3. The molecule has 4 rings (SSSR count). The normalized spacial score (nSPS) is 17.1. The molecule has 2 aromatic carbocycles. The SMILES string of the molecule is C[C@H](c1ccccc1)N1CCC(NC(=O)c2ccc3c(c2)nnn3C)CC1. The summed E-state index contributed by atoms with van der Waals surface area (Å²) in [5.41, 5.74) is 3.66. The quantitative estimate of drug-likeness (QED) is 0.774. The molecule has 6 heteroatoms. The van der Waals surface area contributed by atoms with Gasteiger partial charge in [-0.2, -0.15) is 0 Å². The maximum atomic E-state index is 12.6. The number of piperidine rings is 1. The van der Waals surface area contributed by atoms with Crippen molar-refractivity contribution in [1.29, 1.82) is 0 Å². The van der Waals surface area contributed by atoms with Gasteiger partial charge in [-0.15, -0.1) is 5.10 Å². The Morgan fingerprint density at radius 1 is 1.15 bits per heavy atom. The number of rotatable bonds is 4. The number of aryl methyl sites for hydroxylation is 1. The summed E-state index contributed by atoms with van der Waals surface area (Å²) >= 11 is 0. The monoisotopic (exact) mass is 363 g/mol. The Bertz CT molecular complexity index is 928. The molecule has 1 aliphatic heterocycles. The lowest BCUT2D eigenvalue weighted by atomic mass is 10.00.